The van der Waals surface area contributed by atoms with Crippen LogP contribution in [0, 0.1) is 10.1 Å². The number of rotatable bonds is 4. The Labute approximate surface area is 152 Å². The van der Waals surface area contributed by atoms with Crippen molar-refractivity contribution in [3.63, 3.8) is 0 Å². The molecular formula is C17H25N3O6. The van der Waals surface area contributed by atoms with Crippen molar-refractivity contribution in [3.05, 3.63) is 34.4 Å². The molecule has 1 aliphatic rings. The van der Waals surface area contributed by atoms with Crippen molar-refractivity contribution in [3.8, 4) is 5.75 Å². The highest BCUT2D eigenvalue weighted by atomic mass is 16.6. The smallest absolute Gasteiger partial charge is 0.412 e. The summed E-state index contributed by atoms with van der Waals surface area (Å²) in [5.74, 6) is 0.284. The summed E-state index contributed by atoms with van der Waals surface area (Å²) in [6.07, 6.45) is 1.40. The van der Waals surface area contributed by atoms with Gasteiger partial charge in [-0.1, -0.05) is 0 Å². The first-order valence-corrected chi connectivity index (χ1v) is 8.26. The second kappa shape index (κ2) is 10.3. The van der Waals surface area contributed by atoms with Gasteiger partial charge in [0.15, 0.2) is 0 Å². The SMILES string of the molecule is CC(C)(C)OC=O.O=C(NC1CCCNC1)Oc1ccc([N+](=O)[O-])cc1. The lowest BCUT2D eigenvalue weighted by atomic mass is 10.1. The van der Waals surface area contributed by atoms with Crippen molar-refractivity contribution < 1.29 is 24.0 Å². The number of nitro groups is 1. The van der Waals surface area contributed by atoms with E-state index in [9.17, 15) is 19.7 Å². The monoisotopic (exact) mass is 367 g/mol. The summed E-state index contributed by atoms with van der Waals surface area (Å²) in [6, 6.07) is 5.46. The minimum absolute atomic E-state index is 0.0377. The molecule has 9 heteroatoms. The molecule has 0 spiro atoms. The first-order chi connectivity index (χ1) is 12.2. The highest BCUT2D eigenvalue weighted by Gasteiger charge is 2.16. The predicted molar refractivity (Wildman–Crippen MR) is 95.0 cm³/mol. The van der Waals surface area contributed by atoms with Crippen LogP contribution in [0.4, 0.5) is 10.5 Å². The van der Waals surface area contributed by atoms with Gasteiger partial charge < -0.3 is 20.1 Å². The standard InChI is InChI=1S/C12H15N3O4.C5H10O2/c16-12(14-9-2-1-7-13-8-9)19-11-5-3-10(4-6-11)15(17)18;1-5(2,3)7-4-6/h3-6,9,13H,1-2,7-8H2,(H,14,16);4H,1-3H3. The van der Waals surface area contributed by atoms with Crippen LogP contribution in [0.15, 0.2) is 24.3 Å². The van der Waals surface area contributed by atoms with Crippen LogP contribution in [-0.2, 0) is 9.53 Å². The number of piperidine rings is 1. The Balaban J connectivity index is 0.000000412. The zero-order chi connectivity index (χ0) is 19.6. The van der Waals surface area contributed by atoms with E-state index < -0.39 is 11.0 Å². The lowest BCUT2D eigenvalue weighted by molar-refractivity contribution is -0.384. The number of benzene rings is 1. The highest BCUT2D eigenvalue weighted by molar-refractivity contribution is 5.70. The molecule has 1 amide bonds. The van der Waals surface area contributed by atoms with E-state index in [1.807, 2.05) is 20.8 Å². The van der Waals surface area contributed by atoms with Crippen LogP contribution in [0.3, 0.4) is 0 Å². The number of carbonyl (C=O) groups excluding carboxylic acids is 2. The Morgan fingerprint density at radius 3 is 2.42 bits per heavy atom. The number of ether oxygens (including phenoxy) is 2. The largest absolute Gasteiger partial charge is 0.462 e. The molecule has 1 aromatic carbocycles. The third kappa shape index (κ3) is 8.97. The molecule has 9 nitrogen and oxygen atoms in total. The number of carbonyl (C=O) groups is 2. The summed E-state index contributed by atoms with van der Waals surface area (Å²) in [6.45, 7) is 7.62. The van der Waals surface area contributed by atoms with Gasteiger partial charge in [-0.05, 0) is 52.3 Å². The molecule has 2 rings (SSSR count). The fourth-order valence-electron chi connectivity index (χ4n) is 2.06. The van der Waals surface area contributed by atoms with Gasteiger partial charge >= 0.3 is 6.09 Å². The van der Waals surface area contributed by atoms with E-state index in [4.69, 9.17) is 4.74 Å². The van der Waals surface area contributed by atoms with E-state index in [-0.39, 0.29) is 23.1 Å². The van der Waals surface area contributed by atoms with Crippen molar-refractivity contribution in [2.75, 3.05) is 13.1 Å². The topological polar surface area (TPSA) is 120 Å². The summed E-state index contributed by atoms with van der Waals surface area (Å²) >= 11 is 0. The zero-order valence-electron chi connectivity index (χ0n) is 15.2. The molecule has 0 aliphatic carbocycles. The number of non-ortho nitro benzene ring substituents is 1. The summed E-state index contributed by atoms with van der Waals surface area (Å²) in [7, 11) is 0. The van der Waals surface area contributed by atoms with Crippen LogP contribution < -0.4 is 15.4 Å². The number of nitro benzene ring substituents is 1. The average Bonchev–Trinajstić information content (AvgIpc) is 2.55. The van der Waals surface area contributed by atoms with Crippen molar-refractivity contribution >= 4 is 18.3 Å². The molecule has 144 valence electrons. The van der Waals surface area contributed by atoms with E-state index in [1.54, 1.807) is 0 Å². The van der Waals surface area contributed by atoms with Gasteiger partial charge in [0.05, 0.1) is 4.92 Å². The van der Waals surface area contributed by atoms with E-state index in [0.29, 0.717) is 6.47 Å². The number of nitrogens with one attached hydrogen (secondary N) is 2. The Kier molecular flexibility index (Phi) is 8.50. The Hall–Kier alpha value is -2.68. The summed E-state index contributed by atoms with van der Waals surface area (Å²) in [4.78, 5) is 31.2. The summed E-state index contributed by atoms with van der Waals surface area (Å²) in [5.41, 5.74) is -0.355. The molecule has 0 aromatic heterocycles. The second-order valence-electron chi connectivity index (χ2n) is 6.65. The molecule has 0 radical (unpaired) electrons. The molecule has 1 aliphatic heterocycles. The zero-order valence-corrected chi connectivity index (χ0v) is 15.2. The molecule has 2 N–H and O–H groups in total. The molecule has 1 atom stereocenters. The van der Waals surface area contributed by atoms with Crippen LogP contribution in [0.5, 0.6) is 5.75 Å². The van der Waals surface area contributed by atoms with E-state index in [2.05, 4.69) is 15.4 Å². The van der Waals surface area contributed by atoms with Crippen LogP contribution in [-0.4, -0.2) is 42.2 Å². The van der Waals surface area contributed by atoms with Gasteiger partial charge in [-0.15, -0.1) is 0 Å². The van der Waals surface area contributed by atoms with Gasteiger partial charge in [0, 0.05) is 24.7 Å². The third-order valence-electron chi connectivity index (χ3n) is 3.28. The molecule has 1 heterocycles. The molecule has 0 bridgehead atoms. The maximum atomic E-state index is 11.6. The van der Waals surface area contributed by atoms with Crippen LogP contribution in [0.25, 0.3) is 0 Å². The maximum absolute atomic E-state index is 11.6. The van der Waals surface area contributed by atoms with Gasteiger partial charge in [0.25, 0.3) is 12.2 Å². The van der Waals surface area contributed by atoms with Gasteiger partial charge in [-0.25, -0.2) is 4.79 Å². The second-order valence-corrected chi connectivity index (χ2v) is 6.65. The molecule has 1 saturated heterocycles. The Morgan fingerprint density at radius 2 is 2.00 bits per heavy atom. The predicted octanol–water partition coefficient (Wildman–Crippen LogP) is 2.39. The van der Waals surface area contributed by atoms with Gasteiger partial charge in [0.1, 0.15) is 11.4 Å². The molecular weight excluding hydrogens is 342 g/mol. The van der Waals surface area contributed by atoms with Crippen molar-refractivity contribution in [2.45, 2.75) is 45.3 Å². The highest BCUT2D eigenvalue weighted by Crippen LogP contribution is 2.17. The van der Waals surface area contributed by atoms with E-state index in [1.165, 1.54) is 24.3 Å². The molecule has 1 unspecified atom stereocenters. The fraction of sp³-hybridized carbons (Fsp3) is 0.529. The fourth-order valence-corrected chi connectivity index (χ4v) is 2.06. The lowest BCUT2D eigenvalue weighted by Crippen LogP contribution is -2.46. The minimum Gasteiger partial charge on any atom is -0.462 e. The quantitative estimate of drug-likeness (QED) is 0.476. The van der Waals surface area contributed by atoms with Gasteiger partial charge in [0.2, 0.25) is 0 Å². The van der Waals surface area contributed by atoms with Gasteiger partial charge in [-0.3, -0.25) is 14.9 Å². The average molecular weight is 367 g/mol. The third-order valence-corrected chi connectivity index (χ3v) is 3.28. The normalized spacial score (nSPS) is 16.5. The molecule has 1 fully saturated rings. The first-order valence-electron chi connectivity index (χ1n) is 8.26. The maximum Gasteiger partial charge on any atom is 0.412 e. The van der Waals surface area contributed by atoms with Gasteiger partial charge in [-0.2, -0.15) is 0 Å². The van der Waals surface area contributed by atoms with Crippen molar-refractivity contribution in [1.82, 2.24) is 10.6 Å². The van der Waals surface area contributed by atoms with Crippen LogP contribution >= 0.6 is 0 Å². The van der Waals surface area contributed by atoms with Crippen LogP contribution in [0.2, 0.25) is 0 Å². The van der Waals surface area contributed by atoms with E-state index in [0.717, 1.165) is 25.9 Å². The Bertz CT molecular complexity index is 592. The number of hydrogen-bond acceptors (Lipinski definition) is 7. The Morgan fingerprint density at radius 1 is 1.35 bits per heavy atom. The molecule has 1 aromatic rings. The number of nitrogens with zero attached hydrogens (tertiary/aromatic N) is 1. The minimum atomic E-state index is -0.539. The van der Waals surface area contributed by atoms with E-state index >= 15 is 0 Å². The van der Waals surface area contributed by atoms with Crippen molar-refractivity contribution in [1.29, 1.82) is 0 Å². The van der Waals surface area contributed by atoms with Crippen molar-refractivity contribution in [2.24, 2.45) is 0 Å². The summed E-state index contributed by atoms with van der Waals surface area (Å²) in [5, 5.41) is 16.4. The van der Waals surface area contributed by atoms with Crippen LogP contribution in [0.1, 0.15) is 33.6 Å². The summed E-state index contributed by atoms with van der Waals surface area (Å²) < 4.78 is 9.60. The number of amides is 1. The molecule has 26 heavy (non-hydrogen) atoms. The first kappa shape index (κ1) is 21.4. The molecule has 0 saturated carbocycles. The number of hydrogen-bond donors (Lipinski definition) is 2. The lowest BCUT2D eigenvalue weighted by Gasteiger charge is -2.23.